The fourth-order valence-electron chi connectivity index (χ4n) is 2.73. The van der Waals surface area contributed by atoms with E-state index in [1.54, 1.807) is 0 Å². The van der Waals surface area contributed by atoms with Gasteiger partial charge in [-0.2, -0.15) is 0 Å². The Morgan fingerprint density at radius 3 is 2.70 bits per heavy atom. The van der Waals surface area contributed by atoms with Crippen LogP contribution in [0.4, 0.5) is 5.69 Å². The molecule has 104 valence electrons. The molecule has 1 unspecified atom stereocenters. The monoisotopic (exact) mass is 306 g/mol. The second-order valence-corrected chi connectivity index (χ2v) is 6.04. The molecule has 1 atom stereocenters. The van der Waals surface area contributed by atoms with Crippen molar-refractivity contribution in [2.24, 2.45) is 5.73 Å². The highest BCUT2D eigenvalue weighted by Crippen LogP contribution is 2.29. The lowest BCUT2D eigenvalue weighted by Crippen LogP contribution is -2.42. The maximum absolute atomic E-state index is 6.16. The summed E-state index contributed by atoms with van der Waals surface area (Å²) in [5.74, 6) is 0. The number of benzene rings is 2. The van der Waals surface area contributed by atoms with E-state index in [2.05, 4.69) is 29.2 Å². The highest BCUT2D eigenvalue weighted by atomic mass is 35.5. The number of hydrogen-bond donors (Lipinski definition) is 1. The van der Waals surface area contributed by atoms with Crippen LogP contribution in [-0.4, -0.2) is 12.6 Å². The van der Waals surface area contributed by atoms with Gasteiger partial charge in [-0.1, -0.05) is 47.5 Å². The predicted octanol–water partition coefficient (Wildman–Crippen LogP) is 3.88. The number of fused-ring (bicyclic) bond motifs is 1. The lowest BCUT2D eigenvalue weighted by atomic mass is 9.98. The predicted molar refractivity (Wildman–Crippen MR) is 85.6 cm³/mol. The van der Waals surface area contributed by atoms with E-state index in [1.807, 2.05) is 18.2 Å². The van der Waals surface area contributed by atoms with E-state index in [0.29, 0.717) is 10.0 Å². The first kappa shape index (κ1) is 13.7. The third-order valence-electron chi connectivity index (χ3n) is 3.63. The molecule has 0 saturated carbocycles. The van der Waals surface area contributed by atoms with Crippen LogP contribution in [0.5, 0.6) is 0 Å². The van der Waals surface area contributed by atoms with Gasteiger partial charge in [0, 0.05) is 24.8 Å². The van der Waals surface area contributed by atoms with E-state index in [4.69, 9.17) is 28.9 Å². The van der Waals surface area contributed by atoms with Gasteiger partial charge < -0.3 is 10.6 Å². The van der Waals surface area contributed by atoms with Crippen molar-refractivity contribution in [3.05, 3.63) is 63.6 Å². The van der Waals surface area contributed by atoms with E-state index in [-0.39, 0.29) is 6.04 Å². The minimum absolute atomic E-state index is 0.174. The number of nitrogens with two attached hydrogens (primary N) is 1. The Hall–Kier alpha value is -1.22. The fourth-order valence-corrected chi connectivity index (χ4v) is 3.05. The van der Waals surface area contributed by atoms with Gasteiger partial charge in [-0.3, -0.25) is 0 Å². The summed E-state index contributed by atoms with van der Waals surface area (Å²) in [7, 11) is 0. The molecule has 3 rings (SSSR count). The first-order chi connectivity index (χ1) is 9.63. The van der Waals surface area contributed by atoms with Gasteiger partial charge in [-0.25, -0.2) is 0 Å². The van der Waals surface area contributed by atoms with Gasteiger partial charge in [0.25, 0.3) is 0 Å². The molecular formula is C16H16Cl2N2. The average Bonchev–Trinajstić information content (AvgIpc) is 2.43. The van der Waals surface area contributed by atoms with Crippen LogP contribution in [0.3, 0.4) is 0 Å². The molecule has 4 heteroatoms. The number of hydrogen-bond acceptors (Lipinski definition) is 2. The third kappa shape index (κ3) is 2.78. The van der Waals surface area contributed by atoms with Crippen LogP contribution in [0, 0.1) is 0 Å². The minimum atomic E-state index is 0.174. The van der Waals surface area contributed by atoms with Gasteiger partial charge in [-0.05, 0) is 35.7 Å². The number of anilines is 1. The molecule has 2 aromatic rings. The SMILES string of the molecule is NC1Cc2ccccc2N(Cc2ccc(Cl)c(Cl)c2)C1. The molecule has 0 saturated heterocycles. The molecule has 1 aliphatic heterocycles. The van der Waals surface area contributed by atoms with Crippen molar-refractivity contribution >= 4 is 28.9 Å². The fraction of sp³-hybridized carbons (Fsp3) is 0.250. The van der Waals surface area contributed by atoms with Crippen LogP contribution in [0.1, 0.15) is 11.1 Å². The summed E-state index contributed by atoms with van der Waals surface area (Å²) in [6.07, 6.45) is 0.939. The molecule has 0 radical (unpaired) electrons. The Morgan fingerprint density at radius 1 is 1.10 bits per heavy atom. The van der Waals surface area contributed by atoms with Gasteiger partial charge in [0.15, 0.2) is 0 Å². The first-order valence-electron chi connectivity index (χ1n) is 6.66. The third-order valence-corrected chi connectivity index (χ3v) is 4.37. The zero-order chi connectivity index (χ0) is 14.1. The summed E-state index contributed by atoms with van der Waals surface area (Å²) >= 11 is 12.0. The van der Waals surface area contributed by atoms with Crippen molar-refractivity contribution < 1.29 is 0 Å². The summed E-state index contributed by atoms with van der Waals surface area (Å²) in [6.45, 7) is 1.65. The van der Waals surface area contributed by atoms with E-state index in [0.717, 1.165) is 25.1 Å². The molecule has 0 aromatic heterocycles. The quantitative estimate of drug-likeness (QED) is 0.912. The standard InChI is InChI=1S/C16H16Cl2N2/c17-14-6-5-11(7-15(14)18)9-20-10-13(19)8-12-3-1-2-4-16(12)20/h1-7,13H,8-10,19H2. The van der Waals surface area contributed by atoms with Crippen LogP contribution in [-0.2, 0) is 13.0 Å². The van der Waals surface area contributed by atoms with Crippen molar-refractivity contribution in [2.45, 2.75) is 19.0 Å². The van der Waals surface area contributed by atoms with Crippen LogP contribution in [0.15, 0.2) is 42.5 Å². The molecule has 20 heavy (non-hydrogen) atoms. The van der Waals surface area contributed by atoms with Crippen LogP contribution < -0.4 is 10.6 Å². The van der Waals surface area contributed by atoms with Crippen molar-refractivity contribution in [3.8, 4) is 0 Å². The topological polar surface area (TPSA) is 29.3 Å². The summed E-state index contributed by atoms with van der Waals surface area (Å²) in [5, 5.41) is 1.19. The molecule has 0 amide bonds. The molecule has 2 aromatic carbocycles. The summed E-state index contributed by atoms with van der Waals surface area (Å²) < 4.78 is 0. The first-order valence-corrected chi connectivity index (χ1v) is 7.41. The van der Waals surface area contributed by atoms with Gasteiger partial charge in [0.2, 0.25) is 0 Å². The zero-order valence-electron chi connectivity index (χ0n) is 11.0. The zero-order valence-corrected chi connectivity index (χ0v) is 12.5. The maximum atomic E-state index is 6.16. The molecule has 2 nitrogen and oxygen atoms in total. The van der Waals surface area contributed by atoms with E-state index in [9.17, 15) is 0 Å². The van der Waals surface area contributed by atoms with Crippen LogP contribution in [0.2, 0.25) is 10.0 Å². The summed E-state index contributed by atoms with van der Waals surface area (Å²) in [4.78, 5) is 2.31. The number of nitrogens with zero attached hydrogens (tertiary/aromatic N) is 1. The van der Waals surface area contributed by atoms with Crippen molar-refractivity contribution in [3.63, 3.8) is 0 Å². The highest BCUT2D eigenvalue weighted by molar-refractivity contribution is 6.42. The number of para-hydroxylation sites is 1. The Balaban J connectivity index is 1.89. The Labute approximate surface area is 129 Å². The normalized spacial score (nSPS) is 17.9. The molecule has 0 aliphatic carbocycles. The second kappa shape index (κ2) is 5.65. The van der Waals surface area contributed by atoms with Crippen molar-refractivity contribution in [2.75, 3.05) is 11.4 Å². The number of rotatable bonds is 2. The molecule has 0 bridgehead atoms. The average molecular weight is 307 g/mol. The summed E-state index contributed by atoms with van der Waals surface area (Å²) in [5.41, 5.74) is 9.88. The van der Waals surface area contributed by atoms with Crippen molar-refractivity contribution in [1.82, 2.24) is 0 Å². The smallest absolute Gasteiger partial charge is 0.0595 e. The lowest BCUT2D eigenvalue weighted by molar-refractivity contribution is 0.599. The molecule has 1 aliphatic rings. The Morgan fingerprint density at radius 2 is 1.90 bits per heavy atom. The van der Waals surface area contributed by atoms with Crippen LogP contribution in [0.25, 0.3) is 0 Å². The van der Waals surface area contributed by atoms with E-state index < -0.39 is 0 Å². The van der Waals surface area contributed by atoms with Gasteiger partial charge in [0.1, 0.15) is 0 Å². The maximum Gasteiger partial charge on any atom is 0.0595 e. The highest BCUT2D eigenvalue weighted by Gasteiger charge is 2.21. The molecule has 0 spiro atoms. The number of halogens is 2. The Bertz CT molecular complexity index is 628. The Kier molecular flexibility index (Phi) is 3.88. The molecule has 1 heterocycles. The lowest BCUT2D eigenvalue weighted by Gasteiger charge is -2.34. The largest absolute Gasteiger partial charge is 0.365 e. The van der Waals surface area contributed by atoms with E-state index in [1.165, 1.54) is 11.3 Å². The van der Waals surface area contributed by atoms with Gasteiger partial charge in [0.05, 0.1) is 10.0 Å². The van der Waals surface area contributed by atoms with Crippen molar-refractivity contribution in [1.29, 1.82) is 0 Å². The molecular weight excluding hydrogens is 291 g/mol. The molecule has 0 fully saturated rings. The minimum Gasteiger partial charge on any atom is -0.365 e. The van der Waals surface area contributed by atoms with Gasteiger partial charge in [-0.15, -0.1) is 0 Å². The van der Waals surface area contributed by atoms with Gasteiger partial charge >= 0.3 is 0 Å². The van der Waals surface area contributed by atoms with E-state index >= 15 is 0 Å². The molecule has 2 N–H and O–H groups in total. The summed E-state index contributed by atoms with van der Waals surface area (Å²) in [6, 6.07) is 14.4. The van der Waals surface area contributed by atoms with Crippen LogP contribution >= 0.6 is 23.2 Å². The second-order valence-electron chi connectivity index (χ2n) is 5.22.